The van der Waals surface area contributed by atoms with Gasteiger partial charge in [-0.3, -0.25) is 4.79 Å². The number of nitrogens with zero attached hydrogens (tertiary/aromatic N) is 3. The van der Waals surface area contributed by atoms with Crippen molar-refractivity contribution in [3.63, 3.8) is 0 Å². The molecule has 0 unspecified atom stereocenters. The molecule has 0 saturated carbocycles. The van der Waals surface area contributed by atoms with Gasteiger partial charge in [0.2, 0.25) is 5.88 Å². The molecule has 6 heteroatoms. The van der Waals surface area contributed by atoms with Crippen molar-refractivity contribution in [3.8, 4) is 5.88 Å². The Kier molecular flexibility index (Phi) is 4.82. The normalized spacial score (nSPS) is 11.7. The third-order valence-corrected chi connectivity index (χ3v) is 5.64. The summed E-state index contributed by atoms with van der Waals surface area (Å²) >= 11 is 0. The first-order valence-corrected chi connectivity index (χ1v) is 10.3. The number of aromatic nitrogens is 1. The predicted octanol–water partition coefficient (Wildman–Crippen LogP) is 6.68. The van der Waals surface area contributed by atoms with Crippen molar-refractivity contribution < 1.29 is 14.3 Å². The predicted molar refractivity (Wildman–Crippen MR) is 124 cm³/mol. The van der Waals surface area contributed by atoms with Gasteiger partial charge in [0.1, 0.15) is 11.5 Å². The number of carbonyl (C=O) groups is 1. The van der Waals surface area contributed by atoms with Gasteiger partial charge < -0.3 is 14.1 Å². The Labute approximate surface area is 184 Å². The highest BCUT2D eigenvalue weighted by atomic mass is 16.3. The molecular formula is C26H21N3O3. The Balaban J connectivity index is 1.58. The van der Waals surface area contributed by atoms with E-state index in [2.05, 4.69) is 28.4 Å². The fraction of sp³-hybridized carbons (Fsp3) is 0.115. The zero-order valence-corrected chi connectivity index (χ0v) is 17.7. The molecule has 0 radical (unpaired) electrons. The second-order valence-electron chi connectivity index (χ2n) is 7.75. The van der Waals surface area contributed by atoms with Crippen LogP contribution >= 0.6 is 0 Å². The van der Waals surface area contributed by atoms with Crippen molar-refractivity contribution in [2.24, 2.45) is 10.2 Å². The van der Waals surface area contributed by atoms with Crippen molar-refractivity contribution in [1.82, 2.24) is 4.57 Å². The Hall–Kier alpha value is -4.19. The van der Waals surface area contributed by atoms with Gasteiger partial charge in [0.05, 0.1) is 17.6 Å². The first-order valence-electron chi connectivity index (χ1n) is 10.3. The molecule has 2 heterocycles. The second-order valence-corrected chi connectivity index (χ2v) is 7.75. The SMILES string of the molecule is Cc1cc(C(=O)N=Nc2c(O)n(Cc3cccc4ccccc34)c3ccccc23)c(C)o1. The van der Waals surface area contributed by atoms with E-state index in [4.69, 9.17) is 4.42 Å². The number of benzene rings is 3. The molecule has 0 atom stereocenters. The number of rotatable bonds is 4. The minimum atomic E-state index is -0.510. The van der Waals surface area contributed by atoms with E-state index >= 15 is 0 Å². The fourth-order valence-corrected chi connectivity index (χ4v) is 4.12. The lowest BCUT2D eigenvalue weighted by Gasteiger charge is -2.10. The van der Waals surface area contributed by atoms with E-state index in [0.29, 0.717) is 23.6 Å². The molecule has 0 bridgehead atoms. The van der Waals surface area contributed by atoms with Gasteiger partial charge in [-0.05, 0) is 42.3 Å². The summed E-state index contributed by atoms with van der Waals surface area (Å²) < 4.78 is 7.21. The maximum atomic E-state index is 12.5. The highest BCUT2D eigenvalue weighted by molar-refractivity contribution is 5.98. The fourth-order valence-electron chi connectivity index (χ4n) is 4.12. The Morgan fingerprint density at radius 1 is 0.969 bits per heavy atom. The molecule has 2 aromatic heterocycles. The number of hydrogen-bond acceptors (Lipinski definition) is 4. The average Bonchev–Trinajstić information content (AvgIpc) is 3.28. The van der Waals surface area contributed by atoms with E-state index in [-0.39, 0.29) is 11.6 Å². The van der Waals surface area contributed by atoms with Crippen LogP contribution in [0, 0.1) is 13.8 Å². The highest BCUT2D eigenvalue weighted by Crippen LogP contribution is 2.39. The van der Waals surface area contributed by atoms with Crippen molar-refractivity contribution in [3.05, 3.63) is 95.4 Å². The van der Waals surface area contributed by atoms with Crippen LogP contribution < -0.4 is 0 Å². The van der Waals surface area contributed by atoms with E-state index in [1.807, 2.05) is 48.5 Å². The summed E-state index contributed by atoms with van der Waals surface area (Å²) in [4.78, 5) is 12.5. The summed E-state index contributed by atoms with van der Waals surface area (Å²) in [5.74, 6) is 0.588. The first kappa shape index (κ1) is 19.8. The summed E-state index contributed by atoms with van der Waals surface area (Å²) in [5.41, 5.74) is 2.52. The lowest BCUT2D eigenvalue weighted by atomic mass is 10.0. The maximum absolute atomic E-state index is 12.5. The van der Waals surface area contributed by atoms with E-state index < -0.39 is 5.91 Å². The van der Waals surface area contributed by atoms with E-state index in [1.165, 1.54) is 0 Å². The van der Waals surface area contributed by atoms with Gasteiger partial charge in [-0.15, -0.1) is 10.2 Å². The first-order chi connectivity index (χ1) is 15.5. The molecule has 158 valence electrons. The minimum Gasteiger partial charge on any atom is -0.493 e. The number of amides is 1. The van der Waals surface area contributed by atoms with Crippen molar-refractivity contribution in [2.45, 2.75) is 20.4 Å². The Bertz CT molecular complexity index is 1500. The Morgan fingerprint density at radius 3 is 2.47 bits per heavy atom. The summed E-state index contributed by atoms with van der Waals surface area (Å²) in [6.07, 6.45) is 0. The van der Waals surface area contributed by atoms with Crippen LogP contribution in [0.15, 0.2) is 87.4 Å². The molecule has 32 heavy (non-hydrogen) atoms. The zero-order chi connectivity index (χ0) is 22.2. The molecule has 0 aliphatic heterocycles. The third kappa shape index (κ3) is 3.36. The van der Waals surface area contributed by atoms with Gasteiger partial charge in [-0.25, -0.2) is 0 Å². The molecule has 0 spiro atoms. The van der Waals surface area contributed by atoms with E-state index in [9.17, 15) is 9.90 Å². The third-order valence-electron chi connectivity index (χ3n) is 5.64. The second kappa shape index (κ2) is 7.81. The molecule has 6 nitrogen and oxygen atoms in total. The summed E-state index contributed by atoms with van der Waals surface area (Å²) in [5, 5.41) is 22.1. The van der Waals surface area contributed by atoms with Crippen LogP contribution in [-0.4, -0.2) is 15.6 Å². The minimum absolute atomic E-state index is 0.0317. The summed E-state index contributed by atoms with van der Waals surface area (Å²) in [6.45, 7) is 3.94. The van der Waals surface area contributed by atoms with E-state index in [0.717, 1.165) is 27.2 Å². The molecule has 3 aromatic carbocycles. The molecular weight excluding hydrogens is 402 g/mol. The number of para-hydroxylation sites is 1. The molecule has 1 amide bonds. The standard InChI is InChI=1S/C26H21N3O3/c1-16-14-22(17(2)32-16)25(30)28-27-24-21-12-5-6-13-23(21)29(26(24)31)15-19-10-7-9-18-8-3-4-11-20(18)19/h3-14,31H,15H2,1-2H3. The monoisotopic (exact) mass is 423 g/mol. The van der Waals surface area contributed by atoms with Crippen molar-refractivity contribution in [2.75, 3.05) is 0 Å². The zero-order valence-electron chi connectivity index (χ0n) is 17.7. The van der Waals surface area contributed by atoms with Crippen LogP contribution in [0.3, 0.4) is 0 Å². The van der Waals surface area contributed by atoms with Gasteiger partial charge in [0.25, 0.3) is 5.91 Å². The quantitative estimate of drug-likeness (QED) is 0.327. The van der Waals surface area contributed by atoms with Gasteiger partial charge >= 0.3 is 0 Å². The van der Waals surface area contributed by atoms with Crippen LogP contribution in [0.4, 0.5) is 5.69 Å². The number of azo groups is 1. The van der Waals surface area contributed by atoms with Crippen LogP contribution in [-0.2, 0) is 6.54 Å². The molecule has 0 fully saturated rings. The van der Waals surface area contributed by atoms with Crippen LogP contribution in [0.2, 0.25) is 0 Å². The number of fused-ring (bicyclic) bond motifs is 2. The molecule has 0 saturated heterocycles. The number of hydrogen-bond donors (Lipinski definition) is 1. The van der Waals surface area contributed by atoms with Crippen molar-refractivity contribution in [1.29, 1.82) is 0 Å². The molecule has 5 aromatic rings. The topological polar surface area (TPSA) is 80.1 Å². The molecule has 0 aliphatic rings. The molecule has 1 N–H and O–H groups in total. The average molecular weight is 423 g/mol. The molecule has 5 rings (SSSR count). The van der Waals surface area contributed by atoms with Crippen LogP contribution in [0.25, 0.3) is 21.7 Å². The maximum Gasteiger partial charge on any atom is 0.298 e. The van der Waals surface area contributed by atoms with Crippen molar-refractivity contribution >= 4 is 33.3 Å². The van der Waals surface area contributed by atoms with Gasteiger partial charge in [0, 0.05) is 5.39 Å². The summed E-state index contributed by atoms with van der Waals surface area (Å²) in [6, 6.07) is 23.5. The Morgan fingerprint density at radius 2 is 1.69 bits per heavy atom. The number of furan rings is 1. The van der Waals surface area contributed by atoms with Gasteiger partial charge in [-0.2, -0.15) is 0 Å². The number of aromatic hydroxyl groups is 1. The smallest absolute Gasteiger partial charge is 0.298 e. The number of aryl methyl sites for hydroxylation is 2. The largest absolute Gasteiger partial charge is 0.493 e. The lowest BCUT2D eigenvalue weighted by Crippen LogP contribution is -1.99. The van der Waals surface area contributed by atoms with Crippen LogP contribution in [0.1, 0.15) is 27.4 Å². The highest BCUT2D eigenvalue weighted by Gasteiger charge is 2.19. The van der Waals surface area contributed by atoms with E-state index in [1.54, 1.807) is 24.5 Å². The summed E-state index contributed by atoms with van der Waals surface area (Å²) in [7, 11) is 0. The van der Waals surface area contributed by atoms with Gasteiger partial charge in [-0.1, -0.05) is 60.7 Å². The van der Waals surface area contributed by atoms with Gasteiger partial charge in [0.15, 0.2) is 5.69 Å². The number of carbonyl (C=O) groups excluding carboxylic acids is 1. The van der Waals surface area contributed by atoms with Crippen LogP contribution in [0.5, 0.6) is 5.88 Å². The lowest BCUT2D eigenvalue weighted by molar-refractivity contribution is 0.0993. The molecule has 0 aliphatic carbocycles.